The molecule has 1 N–H and O–H groups in total. The van der Waals surface area contributed by atoms with Crippen LogP contribution in [0.5, 0.6) is 23.0 Å². The monoisotopic (exact) mass is 426 g/mol. The van der Waals surface area contributed by atoms with Gasteiger partial charge < -0.3 is 28.8 Å². The maximum absolute atomic E-state index is 12.1. The molecule has 8 heteroatoms. The molecule has 0 radical (unpaired) electrons. The van der Waals surface area contributed by atoms with Crippen molar-refractivity contribution in [3.63, 3.8) is 0 Å². The Kier molecular flexibility index (Phi) is 7.02. The van der Waals surface area contributed by atoms with Crippen LogP contribution >= 0.6 is 0 Å². The molecule has 1 heterocycles. The molecule has 3 rings (SSSR count). The van der Waals surface area contributed by atoms with Gasteiger partial charge in [-0.1, -0.05) is 18.1 Å². The van der Waals surface area contributed by atoms with Crippen LogP contribution in [0.25, 0.3) is 22.4 Å². The van der Waals surface area contributed by atoms with Crippen molar-refractivity contribution < 1.29 is 28.3 Å². The number of hydrogen-bond donors (Lipinski definition) is 1. The average Bonchev–Trinajstić information content (AvgIpc) is 3.28. The van der Waals surface area contributed by atoms with Crippen molar-refractivity contribution in [3.05, 3.63) is 36.6 Å². The van der Waals surface area contributed by atoms with Crippen LogP contribution in [-0.2, 0) is 4.79 Å². The quantitative estimate of drug-likeness (QED) is 0.526. The van der Waals surface area contributed by atoms with E-state index in [1.165, 1.54) is 0 Å². The molecule has 1 aromatic heterocycles. The second kappa shape index (κ2) is 9.88. The molecule has 0 unspecified atom stereocenters. The SMILES string of the molecule is CCCC(=O)Nc1cc(-c2conc2-c2cc(OC)c(OC)c(OC)c2)ccc1OC. The van der Waals surface area contributed by atoms with Gasteiger partial charge in [0.1, 0.15) is 17.7 Å². The summed E-state index contributed by atoms with van der Waals surface area (Å²) in [5, 5.41) is 7.09. The van der Waals surface area contributed by atoms with Gasteiger partial charge in [-0.25, -0.2) is 0 Å². The summed E-state index contributed by atoms with van der Waals surface area (Å²) in [5.74, 6) is 2.00. The normalized spacial score (nSPS) is 10.5. The third-order valence-electron chi connectivity index (χ3n) is 4.77. The molecule has 2 aromatic carbocycles. The van der Waals surface area contributed by atoms with Crippen molar-refractivity contribution in [2.75, 3.05) is 33.8 Å². The van der Waals surface area contributed by atoms with Crippen LogP contribution in [0.1, 0.15) is 19.8 Å². The van der Waals surface area contributed by atoms with E-state index in [4.69, 9.17) is 23.5 Å². The molecular weight excluding hydrogens is 400 g/mol. The van der Waals surface area contributed by atoms with E-state index in [-0.39, 0.29) is 5.91 Å². The lowest BCUT2D eigenvalue weighted by Crippen LogP contribution is -2.11. The largest absolute Gasteiger partial charge is 0.495 e. The van der Waals surface area contributed by atoms with Gasteiger partial charge in [0.25, 0.3) is 0 Å². The lowest BCUT2D eigenvalue weighted by atomic mass is 10.0. The highest BCUT2D eigenvalue weighted by Gasteiger charge is 2.20. The summed E-state index contributed by atoms with van der Waals surface area (Å²) in [6.45, 7) is 1.95. The summed E-state index contributed by atoms with van der Waals surface area (Å²) < 4.78 is 27.0. The Bertz CT molecular complexity index is 1030. The van der Waals surface area contributed by atoms with Gasteiger partial charge in [0.05, 0.1) is 34.1 Å². The number of rotatable bonds is 9. The third-order valence-corrected chi connectivity index (χ3v) is 4.77. The summed E-state index contributed by atoms with van der Waals surface area (Å²) in [6, 6.07) is 9.11. The minimum Gasteiger partial charge on any atom is -0.495 e. The summed E-state index contributed by atoms with van der Waals surface area (Å²) in [5.41, 5.74) is 3.44. The number of anilines is 1. The number of carbonyl (C=O) groups is 1. The fraction of sp³-hybridized carbons (Fsp3) is 0.304. The summed E-state index contributed by atoms with van der Waals surface area (Å²) in [4.78, 5) is 12.1. The Morgan fingerprint density at radius 2 is 1.61 bits per heavy atom. The first-order valence-electron chi connectivity index (χ1n) is 9.79. The van der Waals surface area contributed by atoms with Crippen LogP contribution < -0.4 is 24.3 Å². The second-order valence-corrected chi connectivity index (χ2v) is 6.70. The molecule has 164 valence electrons. The molecule has 0 aliphatic carbocycles. The molecule has 8 nitrogen and oxygen atoms in total. The fourth-order valence-corrected chi connectivity index (χ4v) is 3.28. The maximum Gasteiger partial charge on any atom is 0.224 e. The Hall–Kier alpha value is -3.68. The highest BCUT2D eigenvalue weighted by molar-refractivity contribution is 5.94. The van der Waals surface area contributed by atoms with Crippen LogP contribution in [0.3, 0.4) is 0 Å². The number of nitrogens with zero attached hydrogens (tertiary/aromatic N) is 1. The molecule has 3 aromatic rings. The Balaban J connectivity index is 2.07. The minimum atomic E-state index is -0.0758. The Morgan fingerprint density at radius 1 is 0.935 bits per heavy atom. The van der Waals surface area contributed by atoms with Crippen molar-refractivity contribution in [2.24, 2.45) is 0 Å². The molecule has 0 spiro atoms. The van der Waals surface area contributed by atoms with Gasteiger partial charge >= 0.3 is 0 Å². The van der Waals surface area contributed by atoms with Crippen molar-refractivity contribution in [1.29, 1.82) is 0 Å². The average molecular weight is 426 g/mol. The molecular formula is C23H26N2O6. The number of carbonyl (C=O) groups excluding carboxylic acids is 1. The number of nitrogens with one attached hydrogen (secondary N) is 1. The standard InChI is InChI=1S/C23H26N2O6/c1-6-7-21(26)24-17-10-14(8-9-18(17)27-2)16-13-31-25-22(16)15-11-19(28-3)23(30-5)20(12-15)29-4/h8-13H,6-7H2,1-5H3,(H,24,26). The second-order valence-electron chi connectivity index (χ2n) is 6.70. The smallest absolute Gasteiger partial charge is 0.224 e. The zero-order valence-corrected chi connectivity index (χ0v) is 18.3. The molecule has 0 aliphatic rings. The van der Waals surface area contributed by atoms with E-state index in [0.29, 0.717) is 40.8 Å². The van der Waals surface area contributed by atoms with Gasteiger partial charge in [0.15, 0.2) is 11.5 Å². The summed E-state index contributed by atoms with van der Waals surface area (Å²) in [7, 11) is 6.22. The van der Waals surface area contributed by atoms with Crippen LogP contribution in [-0.4, -0.2) is 39.5 Å². The van der Waals surface area contributed by atoms with E-state index >= 15 is 0 Å². The Labute approximate surface area is 181 Å². The number of ether oxygens (including phenoxy) is 4. The fourth-order valence-electron chi connectivity index (χ4n) is 3.28. The first-order chi connectivity index (χ1) is 15.1. The summed E-state index contributed by atoms with van der Waals surface area (Å²) >= 11 is 0. The van der Waals surface area contributed by atoms with Gasteiger partial charge in [-0.3, -0.25) is 4.79 Å². The van der Waals surface area contributed by atoms with Gasteiger partial charge in [0, 0.05) is 17.5 Å². The zero-order valence-electron chi connectivity index (χ0n) is 18.3. The molecule has 0 saturated heterocycles. The van der Waals surface area contributed by atoms with Crippen molar-refractivity contribution in [2.45, 2.75) is 19.8 Å². The van der Waals surface area contributed by atoms with E-state index in [1.54, 1.807) is 52.9 Å². The van der Waals surface area contributed by atoms with E-state index in [2.05, 4.69) is 10.5 Å². The van der Waals surface area contributed by atoms with Crippen LogP contribution in [0.15, 0.2) is 41.1 Å². The molecule has 0 bridgehead atoms. The molecule has 0 fully saturated rings. The van der Waals surface area contributed by atoms with Crippen LogP contribution in [0.4, 0.5) is 5.69 Å². The predicted octanol–water partition coefficient (Wildman–Crippen LogP) is 4.78. The minimum absolute atomic E-state index is 0.0758. The zero-order chi connectivity index (χ0) is 22.4. The molecule has 0 saturated carbocycles. The van der Waals surface area contributed by atoms with Crippen LogP contribution in [0.2, 0.25) is 0 Å². The maximum atomic E-state index is 12.1. The van der Waals surface area contributed by atoms with Crippen molar-refractivity contribution in [3.8, 4) is 45.4 Å². The topological polar surface area (TPSA) is 92.1 Å². The van der Waals surface area contributed by atoms with Gasteiger partial charge in [-0.05, 0) is 36.2 Å². The van der Waals surface area contributed by atoms with E-state index in [9.17, 15) is 4.79 Å². The van der Waals surface area contributed by atoms with Gasteiger partial charge in [0.2, 0.25) is 11.7 Å². The van der Waals surface area contributed by atoms with E-state index in [0.717, 1.165) is 23.1 Å². The number of benzene rings is 2. The number of hydrogen-bond acceptors (Lipinski definition) is 7. The highest BCUT2D eigenvalue weighted by atomic mass is 16.5. The highest BCUT2D eigenvalue weighted by Crippen LogP contribution is 2.43. The molecule has 0 atom stereocenters. The van der Waals surface area contributed by atoms with Crippen LogP contribution in [0, 0.1) is 0 Å². The van der Waals surface area contributed by atoms with E-state index < -0.39 is 0 Å². The van der Waals surface area contributed by atoms with Gasteiger partial charge in [-0.2, -0.15) is 0 Å². The first kappa shape index (κ1) is 22.0. The van der Waals surface area contributed by atoms with E-state index in [1.807, 2.05) is 19.1 Å². The number of aromatic nitrogens is 1. The number of methoxy groups -OCH3 is 4. The summed E-state index contributed by atoms with van der Waals surface area (Å²) in [6.07, 6.45) is 2.74. The lowest BCUT2D eigenvalue weighted by Gasteiger charge is -2.14. The number of amides is 1. The predicted molar refractivity (Wildman–Crippen MR) is 117 cm³/mol. The molecule has 31 heavy (non-hydrogen) atoms. The first-order valence-corrected chi connectivity index (χ1v) is 9.79. The Morgan fingerprint density at radius 3 is 2.19 bits per heavy atom. The third kappa shape index (κ3) is 4.58. The van der Waals surface area contributed by atoms with Crippen molar-refractivity contribution >= 4 is 11.6 Å². The van der Waals surface area contributed by atoms with Crippen molar-refractivity contribution in [1.82, 2.24) is 5.16 Å². The molecule has 1 amide bonds. The van der Waals surface area contributed by atoms with Gasteiger partial charge in [-0.15, -0.1) is 0 Å². The molecule has 0 aliphatic heterocycles. The lowest BCUT2D eigenvalue weighted by molar-refractivity contribution is -0.116.